The Labute approximate surface area is 125 Å². The summed E-state index contributed by atoms with van der Waals surface area (Å²) in [6, 6.07) is 4.52. The maximum atomic E-state index is 12.2. The number of nitrogens with two attached hydrogens (primary N) is 1. The second-order valence-corrected chi connectivity index (χ2v) is 4.83. The highest BCUT2D eigenvalue weighted by Gasteiger charge is 2.17. The van der Waals surface area contributed by atoms with E-state index in [1.807, 2.05) is 0 Å². The van der Waals surface area contributed by atoms with Gasteiger partial charge in [-0.3, -0.25) is 14.3 Å². The number of amides is 1. The Bertz CT molecular complexity index is 711. The number of halogens is 1. The van der Waals surface area contributed by atoms with E-state index in [0.29, 0.717) is 16.4 Å². The normalized spacial score (nSPS) is 10.4. The van der Waals surface area contributed by atoms with Gasteiger partial charge in [-0.1, -0.05) is 11.6 Å². The number of aliphatic carboxylic acids is 1. The van der Waals surface area contributed by atoms with E-state index in [-0.39, 0.29) is 17.7 Å². The molecule has 1 aromatic heterocycles. The van der Waals surface area contributed by atoms with Gasteiger partial charge in [0.1, 0.15) is 5.82 Å². The predicted octanol–water partition coefficient (Wildman–Crippen LogP) is 1.54. The van der Waals surface area contributed by atoms with Gasteiger partial charge in [0.15, 0.2) is 0 Å². The number of carboxylic acids is 1. The molecule has 1 aromatic carbocycles. The number of carbonyl (C=O) groups excluding carboxylic acids is 1. The van der Waals surface area contributed by atoms with Crippen LogP contribution in [0.4, 0.5) is 11.5 Å². The van der Waals surface area contributed by atoms with Gasteiger partial charge in [-0.05, 0) is 18.2 Å². The Morgan fingerprint density at radius 1 is 1.48 bits per heavy atom. The van der Waals surface area contributed by atoms with Gasteiger partial charge in [-0.25, -0.2) is 0 Å². The summed E-state index contributed by atoms with van der Waals surface area (Å²) >= 11 is 5.78. The third kappa shape index (κ3) is 3.32. The first-order chi connectivity index (χ1) is 9.88. The summed E-state index contributed by atoms with van der Waals surface area (Å²) < 4.78 is 1.39. The molecule has 21 heavy (non-hydrogen) atoms. The largest absolute Gasteiger partial charge is 0.481 e. The third-order valence-electron chi connectivity index (χ3n) is 2.85. The summed E-state index contributed by atoms with van der Waals surface area (Å²) in [5, 5.41) is 15.8. The molecule has 1 amide bonds. The molecular weight excluding hydrogens is 296 g/mol. The zero-order chi connectivity index (χ0) is 15.6. The van der Waals surface area contributed by atoms with Gasteiger partial charge in [-0.15, -0.1) is 0 Å². The Morgan fingerprint density at radius 2 is 2.19 bits per heavy atom. The second-order valence-electron chi connectivity index (χ2n) is 4.40. The summed E-state index contributed by atoms with van der Waals surface area (Å²) in [6.07, 6.45) is 1.16. The van der Waals surface area contributed by atoms with Crippen molar-refractivity contribution in [2.75, 3.05) is 11.1 Å². The van der Waals surface area contributed by atoms with E-state index >= 15 is 0 Å². The number of nitrogen functional groups attached to an aromatic ring is 1. The molecule has 0 aliphatic carbocycles. The van der Waals surface area contributed by atoms with Crippen LogP contribution < -0.4 is 11.1 Å². The average Bonchev–Trinajstić information content (AvgIpc) is 2.70. The van der Waals surface area contributed by atoms with Gasteiger partial charge < -0.3 is 16.2 Å². The summed E-state index contributed by atoms with van der Waals surface area (Å²) in [6.45, 7) is 0. The lowest BCUT2D eigenvalue weighted by molar-refractivity contribution is -0.136. The Balaban J connectivity index is 2.27. The first-order valence-electron chi connectivity index (χ1n) is 5.97. The Hall–Kier alpha value is -2.54. The molecule has 2 rings (SSSR count). The fraction of sp³-hybridized carbons (Fsp3) is 0.154. The van der Waals surface area contributed by atoms with Crippen LogP contribution in [0.15, 0.2) is 24.4 Å². The molecule has 0 radical (unpaired) electrons. The first kappa shape index (κ1) is 14.9. The van der Waals surface area contributed by atoms with Crippen LogP contribution in [0.1, 0.15) is 15.9 Å². The summed E-state index contributed by atoms with van der Waals surface area (Å²) in [5.41, 5.74) is 6.64. The van der Waals surface area contributed by atoms with Crippen LogP contribution in [0, 0.1) is 0 Å². The van der Waals surface area contributed by atoms with Crippen LogP contribution in [-0.2, 0) is 18.3 Å². The molecule has 0 saturated carbocycles. The average molecular weight is 309 g/mol. The van der Waals surface area contributed by atoms with Crippen molar-refractivity contribution in [1.82, 2.24) is 9.78 Å². The number of aryl methyl sites for hydroxylation is 1. The zero-order valence-corrected chi connectivity index (χ0v) is 11.9. The van der Waals surface area contributed by atoms with E-state index in [0.717, 1.165) is 0 Å². The maximum absolute atomic E-state index is 12.2. The number of carboxylic acid groups (broad SMARTS) is 1. The number of anilines is 2. The highest BCUT2D eigenvalue weighted by atomic mass is 35.5. The lowest BCUT2D eigenvalue weighted by atomic mass is 10.1. The molecule has 0 aliphatic rings. The van der Waals surface area contributed by atoms with Crippen molar-refractivity contribution in [3.8, 4) is 0 Å². The molecular formula is C13H13ClN4O3. The Morgan fingerprint density at radius 3 is 2.81 bits per heavy atom. The summed E-state index contributed by atoms with van der Waals surface area (Å²) in [4.78, 5) is 23.0. The first-order valence-corrected chi connectivity index (χ1v) is 6.35. The number of hydrogen-bond donors (Lipinski definition) is 3. The molecule has 1 heterocycles. The number of hydrogen-bond acceptors (Lipinski definition) is 4. The number of aromatic nitrogens is 2. The number of nitrogens with zero attached hydrogens (tertiary/aromatic N) is 2. The van der Waals surface area contributed by atoms with Crippen LogP contribution in [0.3, 0.4) is 0 Å². The van der Waals surface area contributed by atoms with E-state index in [4.69, 9.17) is 22.4 Å². The van der Waals surface area contributed by atoms with Gasteiger partial charge in [0.05, 0.1) is 18.2 Å². The number of nitrogens with one attached hydrogen (secondary N) is 1. The quantitative estimate of drug-likeness (QED) is 0.742. The van der Waals surface area contributed by atoms with E-state index < -0.39 is 11.9 Å². The molecule has 0 aliphatic heterocycles. The standard InChI is InChI=1S/C13H13ClN4O3/c1-18-12(7(6-16-18)4-11(19)20)17-13(21)9-3-2-8(14)5-10(9)15/h2-3,5-6H,4,15H2,1H3,(H,17,21)(H,19,20). The van der Waals surface area contributed by atoms with Gasteiger partial charge in [0.2, 0.25) is 0 Å². The summed E-state index contributed by atoms with van der Waals surface area (Å²) in [5.74, 6) is -1.15. The van der Waals surface area contributed by atoms with E-state index in [1.54, 1.807) is 13.1 Å². The lowest BCUT2D eigenvalue weighted by Gasteiger charge is -2.09. The van der Waals surface area contributed by atoms with E-state index in [2.05, 4.69) is 10.4 Å². The van der Waals surface area contributed by atoms with Crippen LogP contribution in [0.5, 0.6) is 0 Å². The van der Waals surface area contributed by atoms with Gasteiger partial charge in [-0.2, -0.15) is 5.10 Å². The number of carbonyl (C=O) groups is 2. The molecule has 0 atom stereocenters. The Kier molecular flexibility index (Phi) is 4.13. The number of rotatable bonds is 4. The van der Waals surface area contributed by atoms with Crippen molar-refractivity contribution in [1.29, 1.82) is 0 Å². The van der Waals surface area contributed by atoms with Crippen LogP contribution in [-0.4, -0.2) is 26.8 Å². The van der Waals surface area contributed by atoms with Crippen molar-refractivity contribution < 1.29 is 14.7 Å². The van der Waals surface area contributed by atoms with Gasteiger partial charge >= 0.3 is 5.97 Å². The van der Waals surface area contributed by atoms with Crippen molar-refractivity contribution in [3.05, 3.63) is 40.5 Å². The smallest absolute Gasteiger partial charge is 0.308 e. The number of benzene rings is 1. The van der Waals surface area contributed by atoms with Crippen molar-refractivity contribution in [2.24, 2.45) is 7.05 Å². The molecule has 0 unspecified atom stereocenters. The molecule has 110 valence electrons. The molecule has 2 aromatic rings. The molecule has 4 N–H and O–H groups in total. The summed E-state index contributed by atoms with van der Waals surface area (Å²) in [7, 11) is 1.60. The predicted molar refractivity (Wildman–Crippen MR) is 78.4 cm³/mol. The minimum Gasteiger partial charge on any atom is -0.481 e. The highest BCUT2D eigenvalue weighted by Crippen LogP contribution is 2.21. The van der Waals surface area contributed by atoms with Crippen LogP contribution in [0.2, 0.25) is 5.02 Å². The van der Waals surface area contributed by atoms with Crippen LogP contribution >= 0.6 is 11.6 Å². The lowest BCUT2D eigenvalue weighted by Crippen LogP contribution is -2.17. The highest BCUT2D eigenvalue weighted by molar-refractivity contribution is 6.31. The SMILES string of the molecule is Cn1ncc(CC(=O)O)c1NC(=O)c1ccc(Cl)cc1N. The third-order valence-corrected chi connectivity index (χ3v) is 3.08. The fourth-order valence-corrected chi connectivity index (χ4v) is 2.03. The maximum Gasteiger partial charge on any atom is 0.308 e. The molecule has 0 bridgehead atoms. The van der Waals surface area contributed by atoms with Crippen molar-refractivity contribution in [3.63, 3.8) is 0 Å². The monoisotopic (exact) mass is 308 g/mol. The van der Waals surface area contributed by atoms with Crippen molar-refractivity contribution in [2.45, 2.75) is 6.42 Å². The second kappa shape index (κ2) is 5.84. The molecule has 7 nitrogen and oxygen atoms in total. The minimum absolute atomic E-state index is 0.237. The molecule has 0 spiro atoms. The van der Waals surface area contributed by atoms with E-state index in [9.17, 15) is 9.59 Å². The van der Waals surface area contributed by atoms with Gasteiger partial charge in [0.25, 0.3) is 5.91 Å². The zero-order valence-electron chi connectivity index (χ0n) is 11.1. The van der Waals surface area contributed by atoms with Gasteiger partial charge in [0, 0.05) is 23.3 Å². The molecule has 0 fully saturated rings. The topological polar surface area (TPSA) is 110 Å². The van der Waals surface area contributed by atoms with E-state index in [1.165, 1.54) is 23.0 Å². The van der Waals surface area contributed by atoms with Crippen molar-refractivity contribution >= 4 is 35.0 Å². The minimum atomic E-state index is -1.01. The molecule has 8 heteroatoms. The van der Waals surface area contributed by atoms with Crippen LogP contribution in [0.25, 0.3) is 0 Å². The molecule has 0 saturated heterocycles. The fourth-order valence-electron chi connectivity index (χ4n) is 1.85.